The van der Waals surface area contributed by atoms with Gasteiger partial charge < -0.3 is 5.11 Å². The highest BCUT2D eigenvalue weighted by Gasteiger charge is 2.34. The van der Waals surface area contributed by atoms with E-state index in [0.29, 0.717) is 5.92 Å². The van der Waals surface area contributed by atoms with Gasteiger partial charge in [-0.1, -0.05) is 37.1 Å². The third-order valence-corrected chi connectivity index (χ3v) is 3.60. The summed E-state index contributed by atoms with van der Waals surface area (Å²) in [6.07, 6.45) is 5.16. The maximum absolute atomic E-state index is 10.7. The molecule has 1 N–H and O–H groups in total. The largest absolute Gasteiger partial charge is 0.385 e. The molecule has 1 aromatic carbocycles. The van der Waals surface area contributed by atoms with Crippen molar-refractivity contribution in [2.75, 3.05) is 0 Å². The van der Waals surface area contributed by atoms with Crippen molar-refractivity contribution in [3.05, 3.63) is 42.1 Å². The van der Waals surface area contributed by atoms with Crippen molar-refractivity contribution >= 4 is 10.9 Å². The molecule has 0 bridgehead atoms. The summed E-state index contributed by atoms with van der Waals surface area (Å²) in [5, 5.41) is 11.8. The Kier molecular flexibility index (Phi) is 2.40. The molecule has 1 fully saturated rings. The first-order valence-corrected chi connectivity index (χ1v) is 6.23. The van der Waals surface area contributed by atoms with Crippen LogP contribution < -0.4 is 0 Å². The summed E-state index contributed by atoms with van der Waals surface area (Å²) in [5.41, 5.74) is 1.14. The smallest absolute Gasteiger partial charge is 0.0892 e. The molecule has 1 atom stereocenters. The molecule has 0 radical (unpaired) electrons. The maximum atomic E-state index is 10.7. The molecule has 1 unspecified atom stereocenters. The van der Waals surface area contributed by atoms with Crippen LogP contribution in [0.25, 0.3) is 10.9 Å². The molecule has 0 spiro atoms. The SMILES string of the molecule is CC(O)(CC1CC1)c1cccc2cccnc12. The monoisotopic (exact) mass is 227 g/mol. The fourth-order valence-corrected chi connectivity index (χ4v) is 2.53. The number of nitrogens with zero attached hydrogens (tertiary/aromatic N) is 1. The van der Waals surface area contributed by atoms with Gasteiger partial charge in [0.25, 0.3) is 0 Å². The molecule has 1 aliphatic carbocycles. The van der Waals surface area contributed by atoms with Gasteiger partial charge in [0.1, 0.15) is 0 Å². The van der Waals surface area contributed by atoms with Crippen molar-refractivity contribution < 1.29 is 5.11 Å². The maximum Gasteiger partial charge on any atom is 0.0892 e. The van der Waals surface area contributed by atoms with Crippen LogP contribution in [0.4, 0.5) is 0 Å². The molecule has 2 heteroatoms. The minimum Gasteiger partial charge on any atom is -0.385 e. The van der Waals surface area contributed by atoms with Crippen molar-refractivity contribution in [3.63, 3.8) is 0 Å². The molecule has 2 nitrogen and oxygen atoms in total. The summed E-state index contributed by atoms with van der Waals surface area (Å²) >= 11 is 0. The molecule has 0 aliphatic heterocycles. The number of aliphatic hydroxyl groups is 1. The molecule has 0 amide bonds. The first kappa shape index (κ1) is 10.7. The van der Waals surface area contributed by atoms with Crippen LogP contribution in [0.15, 0.2) is 36.5 Å². The van der Waals surface area contributed by atoms with Gasteiger partial charge in [0.2, 0.25) is 0 Å². The lowest BCUT2D eigenvalue weighted by Crippen LogP contribution is -2.22. The molecular weight excluding hydrogens is 210 g/mol. The van der Waals surface area contributed by atoms with E-state index >= 15 is 0 Å². The van der Waals surface area contributed by atoms with E-state index in [0.717, 1.165) is 22.9 Å². The predicted molar refractivity (Wildman–Crippen MR) is 68.7 cm³/mol. The van der Waals surface area contributed by atoms with Crippen LogP contribution in [0.1, 0.15) is 31.7 Å². The average molecular weight is 227 g/mol. The highest BCUT2D eigenvalue weighted by Crippen LogP contribution is 2.41. The quantitative estimate of drug-likeness (QED) is 0.873. The number of benzene rings is 1. The lowest BCUT2D eigenvalue weighted by atomic mass is 9.88. The molecule has 88 valence electrons. The van der Waals surface area contributed by atoms with E-state index in [-0.39, 0.29) is 0 Å². The van der Waals surface area contributed by atoms with E-state index in [1.54, 1.807) is 6.20 Å². The highest BCUT2D eigenvalue weighted by atomic mass is 16.3. The van der Waals surface area contributed by atoms with Gasteiger partial charge in [-0.25, -0.2) is 0 Å². The zero-order valence-corrected chi connectivity index (χ0v) is 10.1. The number of hydrogen-bond donors (Lipinski definition) is 1. The molecule has 0 saturated heterocycles. The number of para-hydroxylation sites is 1. The molecule has 1 heterocycles. The first-order valence-electron chi connectivity index (χ1n) is 6.23. The second-order valence-electron chi connectivity index (χ2n) is 5.30. The van der Waals surface area contributed by atoms with Gasteiger partial charge in [0.05, 0.1) is 11.1 Å². The Hall–Kier alpha value is -1.41. The highest BCUT2D eigenvalue weighted by molar-refractivity contribution is 5.82. The van der Waals surface area contributed by atoms with Crippen LogP contribution in [0, 0.1) is 5.92 Å². The lowest BCUT2D eigenvalue weighted by Gasteiger charge is -2.24. The number of rotatable bonds is 3. The van der Waals surface area contributed by atoms with Gasteiger partial charge in [-0.05, 0) is 25.3 Å². The molecule has 3 rings (SSSR count). The summed E-state index contributed by atoms with van der Waals surface area (Å²) in [6.45, 7) is 1.91. The van der Waals surface area contributed by atoms with Gasteiger partial charge in [-0.3, -0.25) is 4.98 Å². The number of fused-ring (bicyclic) bond motifs is 1. The van der Waals surface area contributed by atoms with E-state index < -0.39 is 5.60 Å². The fraction of sp³-hybridized carbons (Fsp3) is 0.400. The predicted octanol–water partition coefficient (Wildman–Crippen LogP) is 3.24. The zero-order chi connectivity index (χ0) is 11.9. The summed E-state index contributed by atoms with van der Waals surface area (Å²) in [7, 11) is 0. The Morgan fingerprint density at radius 2 is 2.06 bits per heavy atom. The molecular formula is C15H17NO. The Morgan fingerprint density at radius 1 is 1.29 bits per heavy atom. The second-order valence-corrected chi connectivity index (χ2v) is 5.30. The third kappa shape index (κ3) is 2.05. The van der Waals surface area contributed by atoms with Crippen LogP contribution >= 0.6 is 0 Å². The van der Waals surface area contributed by atoms with Gasteiger partial charge in [-0.2, -0.15) is 0 Å². The normalized spacial score (nSPS) is 19.2. The van der Waals surface area contributed by atoms with Gasteiger partial charge >= 0.3 is 0 Å². The van der Waals surface area contributed by atoms with E-state index in [2.05, 4.69) is 4.98 Å². The van der Waals surface area contributed by atoms with Gasteiger partial charge in [0, 0.05) is 17.1 Å². The van der Waals surface area contributed by atoms with E-state index in [4.69, 9.17) is 0 Å². The summed E-state index contributed by atoms with van der Waals surface area (Å²) in [5.74, 6) is 0.698. The first-order chi connectivity index (χ1) is 8.17. The Morgan fingerprint density at radius 3 is 2.82 bits per heavy atom. The molecule has 1 saturated carbocycles. The average Bonchev–Trinajstić information content (AvgIpc) is 3.11. The molecule has 1 aromatic heterocycles. The third-order valence-electron chi connectivity index (χ3n) is 3.60. The Balaban J connectivity index is 2.09. The van der Waals surface area contributed by atoms with Crippen molar-refractivity contribution in [2.24, 2.45) is 5.92 Å². The van der Waals surface area contributed by atoms with E-state index in [9.17, 15) is 5.11 Å². The Bertz CT molecular complexity index is 538. The van der Waals surface area contributed by atoms with Crippen molar-refractivity contribution in [1.82, 2.24) is 4.98 Å². The standard InChI is InChI=1S/C15H17NO/c1-15(17,10-11-7-8-11)13-6-2-4-12-5-3-9-16-14(12)13/h2-6,9,11,17H,7-8,10H2,1H3. The molecule has 1 aliphatic rings. The van der Waals surface area contributed by atoms with Gasteiger partial charge in [0.15, 0.2) is 0 Å². The fourth-order valence-electron chi connectivity index (χ4n) is 2.53. The van der Waals surface area contributed by atoms with Crippen molar-refractivity contribution in [2.45, 2.75) is 31.8 Å². The van der Waals surface area contributed by atoms with E-state index in [1.165, 1.54) is 12.8 Å². The molecule has 17 heavy (non-hydrogen) atoms. The second kappa shape index (κ2) is 3.81. The summed E-state index contributed by atoms with van der Waals surface area (Å²) in [4.78, 5) is 4.42. The van der Waals surface area contributed by atoms with Crippen LogP contribution in [-0.2, 0) is 5.60 Å². The topological polar surface area (TPSA) is 33.1 Å². The summed E-state index contributed by atoms with van der Waals surface area (Å²) in [6, 6.07) is 10.0. The van der Waals surface area contributed by atoms with E-state index in [1.807, 2.05) is 37.3 Å². The van der Waals surface area contributed by atoms with Crippen LogP contribution in [0.3, 0.4) is 0 Å². The lowest BCUT2D eigenvalue weighted by molar-refractivity contribution is 0.0431. The number of pyridine rings is 1. The molecule has 2 aromatic rings. The zero-order valence-electron chi connectivity index (χ0n) is 10.1. The minimum atomic E-state index is -0.755. The van der Waals surface area contributed by atoms with Crippen LogP contribution in [-0.4, -0.2) is 10.1 Å². The van der Waals surface area contributed by atoms with Crippen LogP contribution in [0.2, 0.25) is 0 Å². The van der Waals surface area contributed by atoms with Crippen LogP contribution in [0.5, 0.6) is 0 Å². The summed E-state index contributed by atoms with van der Waals surface area (Å²) < 4.78 is 0. The van der Waals surface area contributed by atoms with Crippen molar-refractivity contribution in [3.8, 4) is 0 Å². The number of hydrogen-bond acceptors (Lipinski definition) is 2. The minimum absolute atomic E-state index is 0.698. The Labute approximate surface area is 101 Å². The van der Waals surface area contributed by atoms with Gasteiger partial charge in [-0.15, -0.1) is 0 Å². The van der Waals surface area contributed by atoms with Crippen molar-refractivity contribution in [1.29, 1.82) is 0 Å². The number of aromatic nitrogens is 1.